The van der Waals surface area contributed by atoms with Gasteiger partial charge in [0, 0.05) is 26.2 Å². The van der Waals surface area contributed by atoms with Gasteiger partial charge in [-0.2, -0.15) is 13.2 Å². The maximum Gasteiger partial charge on any atom is 0.419 e. The molecule has 1 aliphatic rings. The van der Waals surface area contributed by atoms with Gasteiger partial charge in [0.2, 0.25) is 0 Å². The molecule has 1 fully saturated rings. The quantitative estimate of drug-likeness (QED) is 0.424. The number of carbonyl (C=O) groups excluding carboxylic acids is 1. The molecule has 0 unspecified atom stereocenters. The van der Waals surface area contributed by atoms with Gasteiger partial charge in [0.1, 0.15) is 12.4 Å². The third-order valence-electron chi connectivity index (χ3n) is 4.43. The second-order valence-electron chi connectivity index (χ2n) is 6.45. The number of hydrogen-bond acceptors (Lipinski definition) is 4. The number of benzene rings is 1. The van der Waals surface area contributed by atoms with Crippen LogP contribution in [0.15, 0.2) is 29.3 Å². The molecule has 0 radical (unpaired) electrons. The molecule has 2 N–H and O–H groups in total. The van der Waals surface area contributed by atoms with Gasteiger partial charge in [0.05, 0.1) is 18.7 Å². The number of carbonyl (C=O) groups is 1. The fraction of sp³-hybridized carbons (Fsp3) is 0.579. The van der Waals surface area contributed by atoms with Crippen molar-refractivity contribution in [3.63, 3.8) is 0 Å². The maximum atomic E-state index is 13.0. The number of alkyl halides is 3. The summed E-state index contributed by atoms with van der Waals surface area (Å²) in [4.78, 5) is 17.5. The molecule has 1 aliphatic heterocycles. The number of halogens is 3. The van der Waals surface area contributed by atoms with E-state index < -0.39 is 11.7 Å². The molecule has 1 saturated heterocycles. The Balaban J connectivity index is 1.74. The largest absolute Gasteiger partial charge is 0.491 e. The zero-order valence-electron chi connectivity index (χ0n) is 16.6. The van der Waals surface area contributed by atoms with Crippen LogP contribution in [0.25, 0.3) is 0 Å². The lowest BCUT2D eigenvalue weighted by atomic mass is 10.1. The Morgan fingerprint density at radius 1 is 1.28 bits per heavy atom. The molecule has 162 valence electrons. The second kappa shape index (κ2) is 10.8. The maximum absolute atomic E-state index is 13.0. The number of rotatable bonds is 6. The van der Waals surface area contributed by atoms with Crippen molar-refractivity contribution in [3.8, 4) is 5.75 Å². The van der Waals surface area contributed by atoms with Crippen molar-refractivity contribution in [2.75, 3.05) is 39.9 Å². The summed E-state index contributed by atoms with van der Waals surface area (Å²) in [6, 6.07) is 5.26. The highest BCUT2D eigenvalue weighted by molar-refractivity contribution is 5.80. The number of aliphatic imine (C=N–C) groups is 1. The normalized spacial score (nSPS) is 15.8. The van der Waals surface area contributed by atoms with E-state index in [-0.39, 0.29) is 31.0 Å². The zero-order chi connectivity index (χ0) is 21.3. The molecule has 0 saturated carbocycles. The van der Waals surface area contributed by atoms with E-state index in [0.717, 1.165) is 18.9 Å². The number of guanidine groups is 1. The summed E-state index contributed by atoms with van der Waals surface area (Å²) in [6.07, 6.45) is -3.27. The van der Waals surface area contributed by atoms with E-state index in [4.69, 9.17) is 9.47 Å². The first kappa shape index (κ1) is 22.6. The number of ether oxygens (including phenoxy) is 2. The summed E-state index contributed by atoms with van der Waals surface area (Å²) in [6.45, 7) is 3.63. The van der Waals surface area contributed by atoms with E-state index in [1.165, 1.54) is 18.2 Å². The molecule has 0 atom stereocenters. The van der Waals surface area contributed by atoms with E-state index >= 15 is 0 Å². The van der Waals surface area contributed by atoms with Crippen LogP contribution in [0.2, 0.25) is 0 Å². The predicted octanol–water partition coefficient (Wildman–Crippen LogP) is 2.87. The third-order valence-corrected chi connectivity index (χ3v) is 4.43. The van der Waals surface area contributed by atoms with Crippen molar-refractivity contribution in [1.29, 1.82) is 0 Å². The minimum Gasteiger partial charge on any atom is -0.491 e. The van der Waals surface area contributed by atoms with Crippen LogP contribution in [0.3, 0.4) is 0 Å². The van der Waals surface area contributed by atoms with Crippen molar-refractivity contribution in [2.45, 2.75) is 32.0 Å². The second-order valence-corrected chi connectivity index (χ2v) is 6.45. The summed E-state index contributed by atoms with van der Waals surface area (Å²) < 4.78 is 49.2. The number of piperidine rings is 1. The Morgan fingerprint density at radius 3 is 2.59 bits per heavy atom. The molecule has 1 amide bonds. The van der Waals surface area contributed by atoms with Gasteiger partial charge in [-0.25, -0.2) is 4.79 Å². The summed E-state index contributed by atoms with van der Waals surface area (Å²) >= 11 is 0. The average Bonchev–Trinajstić information content (AvgIpc) is 2.70. The van der Waals surface area contributed by atoms with E-state index in [1.807, 2.05) is 0 Å². The van der Waals surface area contributed by atoms with Crippen LogP contribution in [-0.2, 0) is 10.9 Å². The first-order chi connectivity index (χ1) is 13.8. The SMILES string of the molecule is CCOC(=O)N1CCC(NC(=NC)NCCOc2ccccc2C(F)(F)F)CC1. The van der Waals surface area contributed by atoms with Crippen LogP contribution < -0.4 is 15.4 Å². The number of hydrogen-bond donors (Lipinski definition) is 2. The van der Waals surface area contributed by atoms with Crippen LogP contribution >= 0.6 is 0 Å². The molecule has 1 aromatic carbocycles. The first-order valence-corrected chi connectivity index (χ1v) is 9.53. The van der Waals surface area contributed by atoms with Crippen molar-refractivity contribution < 1.29 is 27.4 Å². The number of nitrogens with one attached hydrogen (secondary N) is 2. The average molecular weight is 416 g/mol. The van der Waals surface area contributed by atoms with Gasteiger partial charge in [-0.15, -0.1) is 0 Å². The molecule has 0 spiro atoms. The Labute approximate surface area is 168 Å². The number of likely N-dealkylation sites (tertiary alicyclic amines) is 1. The van der Waals surface area contributed by atoms with Crippen molar-refractivity contribution >= 4 is 12.1 Å². The molecule has 0 aromatic heterocycles. The number of amides is 1. The Hall–Kier alpha value is -2.65. The first-order valence-electron chi connectivity index (χ1n) is 9.53. The molecule has 7 nitrogen and oxygen atoms in total. The highest BCUT2D eigenvalue weighted by Gasteiger charge is 2.34. The minimum atomic E-state index is -4.46. The van der Waals surface area contributed by atoms with E-state index in [1.54, 1.807) is 18.9 Å². The zero-order valence-corrected chi connectivity index (χ0v) is 16.6. The molecule has 1 heterocycles. The van der Waals surface area contributed by atoms with E-state index in [0.29, 0.717) is 25.7 Å². The van der Waals surface area contributed by atoms with Gasteiger partial charge in [0.15, 0.2) is 5.96 Å². The lowest BCUT2D eigenvalue weighted by Crippen LogP contribution is -2.50. The number of para-hydroxylation sites is 1. The fourth-order valence-corrected chi connectivity index (χ4v) is 2.97. The van der Waals surface area contributed by atoms with E-state index in [9.17, 15) is 18.0 Å². The number of nitrogens with zero attached hydrogens (tertiary/aromatic N) is 2. The monoisotopic (exact) mass is 416 g/mol. The molecular weight excluding hydrogens is 389 g/mol. The lowest BCUT2D eigenvalue weighted by Gasteiger charge is -2.32. The van der Waals surface area contributed by atoms with Crippen molar-refractivity contribution in [1.82, 2.24) is 15.5 Å². The standard InChI is InChI=1S/C19H27F3N4O3/c1-3-28-18(27)26-11-8-14(9-12-26)25-17(23-2)24-10-13-29-16-7-5-4-6-15(16)19(20,21)22/h4-7,14H,3,8-13H2,1-2H3,(H2,23,24,25). The molecule has 10 heteroatoms. The lowest BCUT2D eigenvalue weighted by molar-refractivity contribution is -0.138. The molecule has 0 aliphatic carbocycles. The summed E-state index contributed by atoms with van der Waals surface area (Å²) in [5, 5.41) is 6.28. The third kappa shape index (κ3) is 7.03. The van der Waals surface area contributed by atoms with Crippen LogP contribution in [0.1, 0.15) is 25.3 Å². The van der Waals surface area contributed by atoms with Gasteiger partial charge in [-0.05, 0) is 31.9 Å². The molecule has 2 rings (SSSR count). The van der Waals surface area contributed by atoms with Crippen LogP contribution in [0.4, 0.5) is 18.0 Å². The molecule has 0 bridgehead atoms. The minimum absolute atomic E-state index is 0.0507. The fourth-order valence-electron chi connectivity index (χ4n) is 2.97. The Morgan fingerprint density at radius 2 is 1.97 bits per heavy atom. The highest BCUT2D eigenvalue weighted by Crippen LogP contribution is 2.35. The Kier molecular flexibility index (Phi) is 8.41. The van der Waals surface area contributed by atoms with Crippen LogP contribution in [0, 0.1) is 0 Å². The van der Waals surface area contributed by atoms with Gasteiger partial charge < -0.3 is 25.0 Å². The van der Waals surface area contributed by atoms with Crippen molar-refractivity contribution in [3.05, 3.63) is 29.8 Å². The summed E-state index contributed by atoms with van der Waals surface area (Å²) in [5.74, 6) is 0.336. The topological polar surface area (TPSA) is 75.2 Å². The summed E-state index contributed by atoms with van der Waals surface area (Å²) in [5.41, 5.74) is -0.795. The van der Waals surface area contributed by atoms with Crippen LogP contribution in [0.5, 0.6) is 5.75 Å². The predicted molar refractivity (Wildman–Crippen MR) is 103 cm³/mol. The highest BCUT2D eigenvalue weighted by atomic mass is 19.4. The van der Waals surface area contributed by atoms with Crippen LogP contribution in [-0.4, -0.2) is 62.9 Å². The van der Waals surface area contributed by atoms with Crippen molar-refractivity contribution in [2.24, 2.45) is 4.99 Å². The molecular formula is C19H27F3N4O3. The summed E-state index contributed by atoms with van der Waals surface area (Å²) in [7, 11) is 1.61. The van der Waals surface area contributed by atoms with Gasteiger partial charge in [0.25, 0.3) is 0 Å². The van der Waals surface area contributed by atoms with Gasteiger partial charge in [-0.1, -0.05) is 12.1 Å². The molecule has 1 aromatic rings. The van der Waals surface area contributed by atoms with E-state index in [2.05, 4.69) is 15.6 Å². The van der Waals surface area contributed by atoms with Gasteiger partial charge >= 0.3 is 12.3 Å². The Bertz CT molecular complexity index is 690. The van der Waals surface area contributed by atoms with Gasteiger partial charge in [-0.3, -0.25) is 4.99 Å². The smallest absolute Gasteiger partial charge is 0.419 e. The molecule has 29 heavy (non-hydrogen) atoms.